The molecule has 1 aromatic rings. The molecule has 0 atom stereocenters. The van der Waals surface area contributed by atoms with Crippen molar-refractivity contribution < 1.29 is 19.4 Å². The van der Waals surface area contributed by atoms with E-state index in [1.807, 2.05) is 0 Å². The summed E-state index contributed by atoms with van der Waals surface area (Å²) < 4.78 is 5.04. The maximum atomic E-state index is 11.4. The number of nitrogens with one attached hydrogen (secondary N) is 1. The number of hydrogen-bond acceptors (Lipinski definition) is 5. The van der Waals surface area contributed by atoms with Crippen molar-refractivity contribution in [2.24, 2.45) is 0 Å². The lowest BCUT2D eigenvalue weighted by Crippen LogP contribution is -2.27. The summed E-state index contributed by atoms with van der Waals surface area (Å²) in [6.45, 7) is 4.69. The van der Waals surface area contributed by atoms with Crippen molar-refractivity contribution in [2.75, 3.05) is 11.9 Å². The van der Waals surface area contributed by atoms with Crippen molar-refractivity contribution >= 4 is 17.7 Å². The molecule has 0 bridgehead atoms. The molecule has 0 aliphatic carbocycles. The van der Waals surface area contributed by atoms with Gasteiger partial charge in [0.15, 0.2) is 5.78 Å². The van der Waals surface area contributed by atoms with Crippen LogP contribution in [0.2, 0.25) is 0 Å². The first-order chi connectivity index (χ1) is 8.31. The third kappa shape index (κ3) is 4.50. The van der Waals surface area contributed by atoms with Crippen LogP contribution in [0, 0.1) is 0 Å². The highest BCUT2D eigenvalue weighted by Gasteiger charge is 2.16. The summed E-state index contributed by atoms with van der Waals surface area (Å²) in [5.74, 6) is -0.148. The predicted octanol–water partition coefficient (Wildman–Crippen LogP) is 1.60. The molecule has 98 valence electrons. The van der Waals surface area contributed by atoms with Crippen molar-refractivity contribution in [3.8, 4) is 0 Å². The van der Waals surface area contributed by atoms with Crippen LogP contribution in [0.3, 0.4) is 0 Å². The van der Waals surface area contributed by atoms with Gasteiger partial charge in [0.2, 0.25) is 0 Å². The zero-order valence-electron chi connectivity index (χ0n) is 10.6. The normalized spacial score (nSPS) is 10.9. The molecule has 1 rings (SSSR count). The number of aliphatic hydroxyl groups is 1. The minimum Gasteiger partial charge on any atom is -0.444 e. The Morgan fingerprint density at radius 3 is 2.50 bits per heavy atom. The Morgan fingerprint density at radius 2 is 2.06 bits per heavy atom. The van der Waals surface area contributed by atoms with Crippen LogP contribution >= 0.6 is 0 Å². The van der Waals surface area contributed by atoms with Crippen LogP contribution in [-0.4, -0.2) is 34.2 Å². The number of nitrogens with zero attached hydrogens (tertiary/aromatic N) is 1. The van der Waals surface area contributed by atoms with Gasteiger partial charge < -0.3 is 9.84 Å². The van der Waals surface area contributed by atoms with E-state index in [1.165, 1.54) is 18.3 Å². The Hall–Kier alpha value is -1.95. The summed E-state index contributed by atoms with van der Waals surface area (Å²) in [7, 11) is 0. The van der Waals surface area contributed by atoms with Gasteiger partial charge in [-0.1, -0.05) is 0 Å². The number of carbonyl (C=O) groups excluding carboxylic acids is 2. The second-order valence-electron chi connectivity index (χ2n) is 4.64. The Balaban J connectivity index is 2.64. The van der Waals surface area contributed by atoms with Crippen LogP contribution in [0.15, 0.2) is 18.3 Å². The van der Waals surface area contributed by atoms with Crippen molar-refractivity contribution in [1.82, 2.24) is 4.98 Å². The van der Waals surface area contributed by atoms with Gasteiger partial charge in [-0.25, -0.2) is 9.78 Å². The lowest BCUT2D eigenvalue weighted by Gasteiger charge is -2.19. The smallest absolute Gasteiger partial charge is 0.413 e. The average molecular weight is 252 g/mol. The van der Waals surface area contributed by atoms with E-state index in [1.54, 1.807) is 20.8 Å². The molecule has 1 amide bonds. The van der Waals surface area contributed by atoms with Crippen molar-refractivity contribution in [3.05, 3.63) is 23.9 Å². The van der Waals surface area contributed by atoms with Crippen LogP contribution in [0.25, 0.3) is 0 Å². The second kappa shape index (κ2) is 5.59. The van der Waals surface area contributed by atoms with E-state index >= 15 is 0 Å². The highest BCUT2D eigenvalue weighted by Crippen LogP contribution is 2.10. The molecule has 1 heterocycles. The third-order valence-corrected chi connectivity index (χ3v) is 1.86. The Morgan fingerprint density at radius 1 is 1.39 bits per heavy atom. The molecular weight excluding hydrogens is 236 g/mol. The lowest BCUT2D eigenvalue weighted by molar-refractivity contribution is 0.0635. The Bertz CT molecular complexity index is 434. The number of pyridine rings is 1. The maximum absolute atomic E-state index is 11.4. The molecule has 0 saturated carbocycles. The monoisotopic (exact) mass is 252 g/mol. The van der Waals surface area contributed by atoms with Gasteiger partial charge >= 0.3 is 6.09 Å². The van der Waals surface area contributed by atoms with E-state index in [0.717, 1.165) is 0 Å². The van der Waals surface area contributed by atoms with Crippen molar-refractivity contribution in [2.45, 2.75) is 26.4 Å². The summed E-state index contributed by atoms with van der Waals surface area (Å²) >= 11 is 0. The van der Waals surface area contributed by atoms with E-state index in [-0.39, 0.29) is 11.4 Å². The fourth-order valence-electron chi connectivity index (χ4n) is 1.13. The van der Waals surface area contributed by atoms with Crippen LogP contribution in [0.4, 0.5) is 10.6 Å². The number of aliphatic hydroxyl groups excluding tert-OH is 1. The van der Waals surface area contributed by atoms with Gasteiger partial charge in [0, 0.05) is 11.8 Å². The first-order valence-electron chi connectivity index (χ1n) is 5.42. The van der Waals surface area contributed by atoms with E-state index in [9.17, 15) is 9.59 Å². The van der Waals surface area contributed by atoms with Crippen LogP contribution in [-0.2, 0) is 4.74 Å². The molecule has 0 radical (unpaired) electrons. The zero-order chi connectivity index (χ0) is 13.8. The summed E-state index contributed by atoms with van der Waals surface area (Å²) in [5.41, 5.74) is -0.302. The van der Waals surface area contributed by atoms with Crippen LogP contribution < -0.4 is 5.32 Å². The summed E-state index contributed by atoms with van der Waals surface area (Å²) in [5, 5.41) is 11.1. The number of Topliss-reactive ketones (excluding diaryl/α,β-unsaturated/α-hetero) is 1. The molecule has 0 aromatic carbocycles. The summed E-state index contributed by atoms with van der Waals surface area (Å²) in [6, 6.07) is 2.94. The van der Waals surface area contributed by atoms with Gasteiger partial charge in [-0.2, -0.15) is 0 Å². The third-order valence-electron chi connectivity index (χ3n) is 1.86. The lowest BCUT2D eigenvalue weighted by atomic mass is 10.2. The van der Waals surface area contributed by atoms with Gasteiger partial charge in [0.25, 0.3) is 0 Å². The number of ketones is 1. The zero-order valence-corrected chi connectivity index (χ0v) is 10.6. The number of carbonyl (C=O) groups is 2. The first-order valence-corrected chi connectivity index (χ1v) is 5.42. The number of anilines is 1. The quantitative estimate of drug-likeness (QED) is 0.798. The topological polar surface area (TPSA) is 88.5 Å². The molecular formula is C12H16N2O4. The van der Waals surface area contributed by atoms with Crippen molar-refractivity contribution in [3.63, 3.8) is 0 Å². The number of ether oxygens (including phenoxy) is 1. The fourth-order valence-corrected chi connectivity index (χ4v) is 1.13. The standard InChI is InChI=1S/C12H16N2O4/c1-12(2,3)18-11(17)14-10-5-4-8(6-13-10)9(16)7-15/h4-6,15H,7H2,1-3H3,(H,13,14,17). The molecule has 2 N–H and O–H groups in total. The SMILES string of the molecule is CC(C)(C)OC(=O)Nc1ccc(C(=O)CO)cn1. The highest BCUT2D eigenvalue weighted by molar-refractivity contribution is 5.97. The molecule has 1 aromatic heterocycles. The van der Waals surface area contributed by atoms with Crippen molar-refractivity contribution in [1.29, 1.82) is 0 Å². The fraction of sp³-hybridized carbons (Fsp3) is 0.417. The minimum atomic E-state index is -0.615. The molecule has 0 aliphatic rings. The minimum absolute atomic E-state index is 0.277. The molecule has 0 saturated heterocycles. The van der Waals surface area contributed by atoms with Gasteiger partial charge in [-0.05, 0) is 32.9 Å². The van der Waals surface area contributed by atoms with Gasteiger partial charge in [-0.15, -0.1) is 0 Å². The second-order valence-corrected chi connectivity index (χ2v) is 4.64. The van der Waals surface area contributed by atoms with E-state index in [2.05, 4.69) is 10.3 Å². The van der Waals surface area contributed by atoms with E-state index in [0.29, 0.717) is 0 Å². The van der Waals surface area contributed by atoms with E-state index < -0.39 is 24.1 Å². The molecule has 6 heteroatoms. The van der Waals surface area contributed by atoms with Gasteiger partial charge in [0.1, 0.15) is 18.0 Å². The van der Waals surface area contributed by atoms with Gasteiger partial charge in [-0.3, -0.25) is 10.1 Å². The molecule has 0 fully saturated rings. The average Bonchev–Trinajstić information content (AvgIpc) is 2.26. The Kier molecular flexibility index (Phi) is 4.38. The van der Waals surface area contributed by atoms with E-state index in [4.69, 9.17) is 9.84 Å². The number of aromatic nitrogens is 1. The predicted molar refractivity (Wildman–Crippen MR) is 65.5 cm³/mol. The molecule has 0 spiro atoms. The molecule has 0 aliphatic heterocycles. The Labute approximate surface area is 105 Å². The van der Waals surface area contributed by atoms with Crippen LogP contribution in [0.1, 0.15) is 31.1 Å². The number of hydrogen-bond donors (Lipinski definition) is 2. The summed E-state index contributed by atoms with van der Waals surface area (Å²) in [6.07, 6.45) is 0.668. The molecule has 6 nitrogen and oxygen atoms in total. The first kappa shape index (κ1) is 14.1. The number of rotatable bonds is 3. The molecule has 0 unspecified atom stereocenters. The summed E-state index contributed by atoms with van der Waals surface area (Å²) in [4.78, 5) is 26.4. The maximum Gasteiger partial charge on any atom is 0.413 e. The number of amides is 1. The molecule has 18 heavy (non-hydrogen) atoms. The van der Waals surface area contributed by atoms with Crippen LogP contribution in [0.5, 0.6) is 0 Å². The largest absolute Gasteiger partial charge is 0.444 e. The van der Waals surface area contributed by atoms with Gasteiger partial charge in [0.05, 0.1) is 0 Å². The highest BCUT2D eigenvalue weighted by atomic mass is 16.6.